The van der Waals surface area contributed by atoms with E-state index >= 15 is 0 Å². The number of ether oxygens (including phenoxy) is 6. The molecule has 14 heteroatoms. The molecule has 0 radical (unpaired) electrons. The highest BCUT2D eigenvalue weighted by Crippen LogP contribution is 2.80. The highest BCUT2D eigenvalue weighted by Gasteiger charge is 2.81. The van der Waals surface area contributed by atoms with Gasteiger partial charge in [-0.1, -0.05) is 39.3 Å². The third kappa shape index (κ3) is 5.79. The quantitative estimate of drug-likeness (QED) is 0.135. The van der Waals surface area contributed by atoms with Crippen molar-refractivity contribution in [2.75, 3.05) is 26.4 Å². The second kappa shape index (κ2) is 14.1. The van der Waals surface area contributed by atoms with Crippen molar-refractivity contribution in [2.45, 2.75) is 172 Å². The van der Waals surface area contributed by atoms with Crippen LogP contribution in [0.4, 0.5) is 0 Å². The molecule has 8 aliphatic rings. The maximum absolute atomic E-state index is 12.3. The van der Waals surface area contributed by atoms with Crippen LogP contribution in [-0.2, 0) is 28.4 Å². The predicted molar refractivity (Wildman–Crippen MR) is 198 cm³/mol. The van der Waals surface area contributed by atoms with Gasteiger partial charge in [-0.2, -0.15) is 0 Å². The molecule has 4 saturated carbocycles. The molecule has 4 heterocycles. The van der Waals surface area contributed by atoms with Crippen LogP contribution in [0.1, 0.15) is 93.4 Å². The molecule has 8 rings (SSSR count). The van der Waals surface area contributed by atoms with E-state index in [0.29, 0.717) is 31.5 Å². The number of aliphatic hydroxyl groups is 8. The number of aliphatic hydroxyl groups excluding tert-OH is 7. The second-order valence-electron chi connectivity index (χ2n) is 20.5. The molecular weight excluding hydrogens is 728 g/mol. The summed E-state index contributed by atoms with van der Waals surface area (Å²) in [6.45, 7) is 15.4. The molecule has 8 N–H and O–H groups in total. The first-order valence-corrected chi connectivity index (χ1v) is 21.1. The molecule has 2 bridgehead atoms. The Morgan fingerprint density at radius 1 is 0.732 bits per heavy atom. The standard InChI is InChI=1S/C42H68O14/c1-20(2)14-21-17-51-42-18-41(19-52-42)22(34(42)40(21,7)50)8-9-26-38(5)12-11-27(37(3,4)25(38)10-13-39(26,41)6)55-36-32(49)33(29(46)24(16-44)54-36)56-35-31(48)30(47)28(45)23(15-43)53-35/h14,21-36,43-50H,8-13,15-19H2,1-7H3/t21-,22?,23-,24-,25?,26?,27+,28-,29-,30+,31-,32-,33+,34?,35+,36+,38+,39-,40?,41+,42-/m1/s1. The zero-order chi connectivity index (χ0) is 40.5. The van der Waals surface area contributed by atoms with Crippen LogP contribution in [0.2, 0.25) is 0 Å². The lowest BCUT2D eigenvalue weighted by molar-refractivity contribution is -0.370. The monoisotopic (exact) mass is 796 g/mol. The molecule has 0 aromatic carbocycles. The molecule has 0 amide bonds. The van der Waals surface area contributed by atoms with Crippen molar-refractivity contribution in [1.29, 1.82) is 0 Å². The average molecular weight is 797 g/mol. The maximum Gasteiger partial charge on any atom is 0.187 e. The van der Waals surface area contributed by atoms with E-state index in [1.54, 1.807) is 0 Å². The van der Waals surface area contributed by atoms with Gasteiger partial charge < -0.3 is 69.3 Å². The topological polar surface area (TPSA) is 217 Å². The van der Waals surface area contributed by atoms with Crippen LogP contribution in [-0.4, -0.2) is 146 Å². The number of hydrogen-bond donors (Lipinski definition) is 8. The van der Waals surface area contributed by atoms with Crippen LogP contribution in [0.3, 0.4) is 0 Å². The Bertz CT molecular complexity index is 1500. The van der Waals surface area contributed by atoms with Crippen LogP contribution < -0.4 is 0 Å². The lowest BCUT2D eigenvalue weighted by atomic mass is 9.35. The van der Waals surface area contributed by atoms with Gasteiger partial charge in [0.25, 0.3) is 0 Å². The lowest BCUT2D eigenvalue weighted by Gasteiger charge is -2.70. The van der Waals surface area contributed by atoms with Crippen molar-refractivity contribution >= 4 is 0 Å². The van der Waals surface area contributed by atoms with Crippen LogP contribution in [0.5, 0.6) is 0 Å². The van der Waals surface area contributed by atoms with Gasteiger partial charge in [-0.15, -0.1) is 0 Å². The van der Waals surface area contributed by atoms with E-state index in [1.807, 2.05) is 6.92 Å². The summed E-state index contributed by atoms with van der Waals surface area (Å²) in [5, 5.41) is 86.1. The molecule has 0 aromatic heterocycles. The molecule has 4 aliphatic heterocycles. The van der Waals surface area contributed by atoms with E-state index < -0.39 is 86.0 Å². The van der Waals surface area contributed by atoms with Crippen molar-refractivity contribution < 1.29 is 69.3 Å². The molecule has 21 atom stereocenters. The van der Waals surface area contributed by atoms with Gasteiger partial charge in [0.05, 0.1) is 38.1 Å². The van der Waals surface area contributed by atoms with E-state index in [-0.39, 0.29) is 45.5 Å². The van der Waals surface area contributed by atoms with E-state index in [2.05, 4.69) is 47.6 Å². The maximum atomic E-state index is 12.3. The summed E-state index contributed by atoms with van der Waals surface area (Å²) in [5.41, 5.74) is -0.302. The lowest BCUT2D eigenvalue weighted by Crippen LogP contribution is -2.68. The van der Waals surface area contributed by atoms with Gasteiger partial charge in [0, 0.05) is 23.7 Å². The second-order valence-corrected chi connectivity index (χ2v) is 20.5. The summed E-state index contributed by atoms with van der Waals surface area (Å²) in [7, 11) is 0. The fraction of sp³-hybridized carbons (Fsp3) is 0.952. The Morgan fingerprint density at radius 3 is 2.05 bits per heavy atom. The minimum Gasteiger partial charge on any atom is -0.394 e. The number of rotatable bonds is 7. The Morgan fingerprint density at radius 2 is 1.39 bits per heavy atom. The predicted octanol–water partition coefficient (Wildman–Crippen LogP) is 1.36. The zero-order valence-corrected chi connectivity index (χ0v) is 34.1. The van der Waals surface area contributed by atoms with Crippen molar-refractivity contribution in [1.82, 2.24) is 0 Å². The van der Waals surface area contributed by atoms with Gasteiger partial charge in [-0.05, 0) is 93.3 Å². The van der Waals surface area contributed by atoms with E-state index in [9.17, 15) is 40.9 Å². The van der Waals surface area contributed by atoms with Crippen molar-refractivity contribution in [3.63, 3.8) is 0 Å². The fourth-order valence-corrected chi connectivity index (χ4v) is 14.6. The third-order valence-electron chi connectivity index (χ3n) is 17.3. The molecule has 8 fully saturated rings. The summed E-state index contributed by atoms with van der Waals surface area (Å²) >= 11 is 0. The molecule has 4 aliphatic carbocycles. The van der Waals surface area contributed by atoms with Gasteiger partial charge in [-0.3, -0.25) is 0 Å². The molecule has 2 spiro atoms. The number of hydrogen-bond acceptors (Lipinski definition) is 14. The molecule has 0 aromatic rings. The van der Waals surface area contributed by atoms with Gasteiger partial charge in [0.1, 0.15) is 48.8 Å². The first-order chi connectivity index (χ1) is 26.2. The zero-order valence-electron chi connectivity index (χ0n) is 34.1. The van der Waals surface area contributed by atoms with E-state index in [0.717, 1.165) is 38.5 Å². The van der Waals surface area contributed by atoms with Gasteiger partial charge in [-0.25, -0.2) is 0 Å². The normalized spacial score (nSPS) is 57.4. The largest absolute Gasteiger partial charge is 0.394 e. The first kappa shape index (κ1) is 41.9. The smallest absolute Gasteiger partial charge is 0.187 e. The van der Waals surface area contributed by atoms with Crippen LogP contribution in [0, 0.1) is 51.2 Å². The average Bonchev–Trinajstić information content (AvgIpc) is 3.67. The van der Waals surface area contributed by atoms with Crippen LogP contribution in [0.15, 0.2) is 11.6 Å². The highest BCUT2D eigenvalue weighted by atomic mass is 16.7. The Hall–Kier alpha value is -0.820. The SMILES string of the molecule is CC(C)=C[C@@H]1CO[C@]23C[C@]4(CO2)C(CCC2[C@@]5(C)CC[C@H](O[C@@H]6O[C@H](CO)[C@@H](O)[C@H](O[C@@H]7O[C@H](CO)[C@@H](O)[C@H](O)[C@H]7O)[C@H]6O)C(C)(C)C5CC[C@]24C)C3C1(C)O. The Balaban J connectivity index is 1.01. The minimum absolute atomic E-state index is 0.0284. The molecule has 5 unspecified atom stereocenters. The molecule has 14 nitrogen and oxygen atoms in total. The Kier molecular flexibility index (Phi) is 10.6. The number of allylic oxidation sites excluding steroid dienone is 1. The number of fused-ring (bicyclic) bond motifs is 4. The first-order valence-electron chi connectivity index (χ1n) is 21.1. The van der Waals surface area contributed by atoms with Gasteiger partial charge in [0.15, 0.2) is 18.4 Å². The fourth-order valence-electron chi connectivity index (χ4n) is 14.6. The van der Waals surface area contributed by atoms with Crippen molar-refractivity contribution in [2.24, 2.45) is 51.2 Å². The van der Waals surface area contributed by atoms with Crippen LogP contribution >= 0.6 is 0 Å². The molecule has 56 heavy (non-hydrogen) atoms. The van der Waals surface area contributed by atoms with Crippen molar-refractivity contribution in [3.05, 3.63) is 11.6 Å². The molecule has 4 saturated heterocycles. The van der Waals surface area contributed by atoms with Crippen LogP contribution in [0.25, 0.3) is 0 Å². The van der Waals surface area contributed by atoms with E-state index in [4.69, 9.17) is 28.4 Å². The summed E-state index contributed by atoms with van der Waals surface area (Å²) in [6.07, 6.45) is -6.79. The third-order valence-corrected chi connectivity index (χ3v) is 17.3. The van der Waals surface area contributed by atoms with E-state index in [1.165, 1.54) is 5.57 Å². The minimum atomic E-state index is -1.75. The summed E-state index contributed by atoms with van der Waals surface area (Å²) in [5.74, 6) is 0.0262. The summed E-state index contributed by atoms with van der Waals surface area (Å²) < 4.78 is 37.5. The van der Waals surface area contributed by atoms with Gasteiger partial charge in [0.2, 0.25) is 0 Å². The summed E-state index contributed by atoms with van der Waals surface area (Å²) in [6, 6.07) is 0. The highest BCUT2D eigenvalue weighted by molar-refractivity contribution is 5.27. The van der Waals surface area contributed by atoms with Crippen molar-refractivity contribution in [3.8, 4) is 0 Å². The Labute approximate surface area is 330 Å². The summed E-state index contributed by atoms with van der Waals surface area (Å²) in [4.78, 5) is 0. The molecule has 320 valence electrons. The molecular formula is C42H68O14. The van der Waals surface area contributed by atoms with Gasteiger partial charge >= 0.3 is 0 Å².